The number of likely N-dealkylation sites (tertiary alicyclic amines) is 1. The largest absolute Gasteiger partial charge is 0.458 e. The molecule has 1 saturated heterocycles. The first kappa shape index (κ1) is 59.4. The van der Waals surface area contributed by atoms with Gasteiger partial charge in [-0.3, -0.25) is 24.1 Å². The van der Waals surface area contributed by atoms with Crippen LogP contribution in [0.2, 0.25) is 0 Å². The molecule has 3 aliphatic rings. The Kier molecular flexibility index (Phi) is 19.6. The number of ether oxygens (including phenoxy) is 4. The molecule has 15 nitrogen and oxygen atoms in total. The summed E-state index contributed by atoms with van der Waals surface area (Å²) in [5, 5.41) is 5.84. The van der Waals surface area contributed by atoms with Crippen molar-refractivity contribution in [2.24, 2.45) is 29.1 Å². The van der Waals surface area contributed by atoms with Gasteiger partial charge in [-0.05, 0) is 97.1 Å². The molecular formula is C60H84FN5O10. The lowest BCUT2D eigenvalue weighted by atomic mass is 9.89. The third-order valence-corrected chi connectivity index (χ3v) is 16.0. The highest BCUT2D eigenvalue weighted by Gasteiger charge is 2.56. The van der Waals surface area contributed by atoms with Crippen LogP contribution in [-0.4, -0.2) is 140 Å². The Balaban J connectivity index is 1.15. The quantitative estimate of drug-likeness (QED) is 0.0877. The van der Waals surface area contributed by atoms with Crippen molar-refractivity contribution in [3.63, 3.8) is 0 Å². The molecule has 3 unspecified atom stereocenters. The standard InChI is InChI=1S/C60H84FN5O10/c1-15-37(6)52(64(11)56(70)50(35(2)3)63-55(69)51(36(4)5)65(12)58(72)75-33-44-42-25-19-17-23-40(42)41-24-18-20-26-43(41)44)48(73-13)31-49(67)66-34-60(28-29-60)32-47(66)53(74-14)38(7)54(68)62-46(57(71)76-59(8,9)10)30-39-22-16-21-27-45(39)61/h16-27,35-38,44,46-48,50-53H,15,28-34H2,1-14H3,(H,62,68)(H,63,69)/t37-,38+,46?,47-,48+,50-,51-,52?,53?/m0/s1. The molecule has 0 radical (unpaired) electrons. The number of rotatable bonds is 23. The number of carbonyl (C=O) groups excluding carboxylic acids is 6. The maximum atomic E-state index is 14.9. The third kappa shape index (κ3) is 13.6. The van der Waals surface area contributed by atoms with Gasteiger partial charge < -0.3 is 39.4 Å². The van der Waals surface area contributed by atoms with E-state index in [-0.39, 0.29) is 65.9 Å². The fourth-order valence-corrected chi connectivity index (χ4v) is 11.5. The van der Waals surface area contributed by atoms with Crippen LogP contribution in [-0.2, 0) is 49.3 Å². The fourth-order valence-electron chi connectivity index (χ4n) is 11.5. The van der Waals surface area contributed by atoms with Gasteiger partial charge in [-0.25, -0.2) is 14.0 Å². The van der Waals surface area contributed by atoms with E-state index in [1.54, 1.807) is 69.8 Å². The molecule has 3 aromatic carbocycles. The molecule has 16 heteroatoms. The van der Waals surface area contributed by atoms with Crippen LogP contribution in [0, 0.1) is 34.9 Å². The average Bonchev–Trinajstić information content (AvgIpc) is 3.92. The Bertz CT molecular complexity index is 2500. The molecule has 2 aliphatic carbocycles. The van der Waals surface area contributed by atoms with E-state index in [9.17, 15) is 33.2 Å². The first-order valence-electron chi connectivity index (χ1n) is 27.1. The lowest BCUT2D eigenvalue weighted by molar-refractivity contribution is -0.159. The number of halogens is 1. The summed E-state index contributed by atoms with van der Waals surface area (Å²) < 4.78 is 38.8. The number of hydrogen-bond donors (Lipinski definition) is 2. The van der Waals surface area contributed by atoms with Crippen molar-refractivity contribution in [1.82, 2.24) is 25.3 Å². The first-order chi connectivity index (χ1) is 35.9. The Morgan fingerprint density at radius 2 is 1.38 bits per heavy atom. The Morgan fingerprint density at radius 1 is 0.789 bits per heavy atom. The van der Waals surface area contributed by atoms with Crippen molar-refractivity contribution in [3.05, 3.63) is 95.3 Å². The summed E-state index contributed by atoms with van der Waals surface area (Å²) in [5.74, 6) is -4.69. The van der Waals surface area contributed by atoms with Gasteiger partial charge in [0.1, 0.15) is 36.2 Å². The van der Waals surface area contributed by atoms with Crippen LogP contribution >= 0.6 is 0 Å². The molecule has 2 fully saturated rings. The number of carbonyl (C=O) groups is 6. The van der Waals surface area contributed by atoms with Gasteiger partial charge in [-0.1, -0.05) is 122 Å². The zero-order chi connectivity index (χ0) is 56.0. The summed E-state index contributed by atoms with van der Waals surface area (Å²) in [7, 11) is 6.25. The van der Waals surface area contributed by atoms with Gasteiger partial charge in [0.25, 0.3) is 0 Å². The van der Waals surface area contributed by atoms with Crippen LogP contribution in [0.5, 0.6) is 0 Å². The van der Waals surface area contributed by atoms with Crippen molar-refractivity contribution in [2.75, 3.05) is 41.5 Å². The van der Waals surface area contributed by atoms with Gasteiger partial charge in [0.05, 0.1) is 36.6 Å². The normalized spacial score (nSPS) is 18.9. The van der Waals surface area contributed by atoms with Crippen LogP contribution in [0.4, 0.5) is 9.18 Å². The maximum absolute atomic E-state index is 14.9. The summed E-state index contributed by atoms with van der Waals surface area (Å²) in [6.07, 6.45) is 0.648. The number of nitrogens with zero attached hydrogens (tertiary/aromatic N) is 3. The molecule has 3 aromatic rings. The summed E-state index contributed by atoms with van der Waals surface area (Å²) in [6.45, 7) is 18.8. The van der Waals surface area contributed by atoms with Crippen LogP contribution < -0.4 is 10.6 Å². The monoisotopic (exact) mass is 1050 g/mol. The van der Waals surface area contributed by atoms with Crippen molar-refractivity contribution in [1.29, 1.82) is 0 Å². The van der Waals surface area contributed by atoms with Gasteiger partial charge in [0.15, 0.2) is 0 Å². The van der Waals surface area contributed by atoms with E-state index in [2.05, 4.69) is 22.8 Å². The number of methoxy groups -OCH3 is 2. The van der Waals surface area contributed by atoms with E-state index in [4.69, 9.17) is 18.9 Å². The Morgan fingerprint density at radius 3 is 1.91 bits per heavy atom. The maximum Gasteiger partial charge on any atom is 0.410 e. The van der Waals surface area contributed by atoms with E-state index in [1.165, 1.54) is 25.2 Å². The fraction of sp³-hybridized carbons (Fsp3) is 0.600. The second kappa shape index (κ2) is 25.1. The number of amides is 5. The highest BCUT2D eigenvalue weighted by molar-refractivity contribution is 5.92. The molecule has 1 heterocycles. The lowest BCUT2D eigenvalue weighted by Crippen LogP contribution is -2.60. The topological polar surface area (TPSA) is 173 Å². The molecule has 5 amide bonds. The van der Waals surface area contributed by atoms with E-state index >= 15 is 0 Å². The highest BCUT2D eigenvalue weighted by atomic mass is 19.1. The van der Waals surface area contributed by atoms with E-state index < -0.39 is 83.6 Å². The molecule has 76 heavy (non-hydrogen) atoms. The molecule has 0 aromatic heterocycles. The van der Waals surface area contributed by atoms with Crippen LogP contribution in [0.1, 0.15) is 124 Å². The summed E-state index contributed by atoms with van der Waals surface area (Å²) >= 11 is 0. The molecule has 2 N–H and O–H groups in total. The predicted octanol–water partition coefficient (Wildman–Crippen LogP) is 8.55. The van der Waals surface area contributed by atoms with Gasteiger partial charge in [-0.2, -0.15) is 0 Å². The van der Waals surface area contributed by atoms with Gasteiger partial charge in [0.2, 0.25) is 23.6 Å². The number of benzene rings is 3. The Hall–Kier alpha value is -5.87. The van der Waals surface area contributed by atoms with Crippen LogP contribution in [0.15, 0.2) is 72.8 Å². The van der Waals surface area contributed by atoms with Gasteiger partial charge in [0, 0.05) is 47.2 Å². The molecule has 1 aliphatic heterocycles. The summed E-state index contributed by atoms with van der Waals surface area (Å²) in [6, 6.07) is 17.9. The number of nitrogens with one attached hydrogen (secondary N) is 2. The third-order valence-electron chi connectivity index (χ3n) is 16.0. The second-order valence-corrected chi connectivity index (χ2v) is 23.3. The van der Waals surface area contributed by atoms with Crippen molar-refractivity contribution >= 4 is 35.7 Å². The number of esters is 1. The van der Waals surface area contributed by atoms with Crippen LogP contribution in [0.25, 0.3) is 11.1 Å². The highest BCUT2D eigenvalue weighted by Crippen LogP contribution is 2.56. The van der Waals surface area contributed by atoms with Gasteiger partial charge in [-0.15, -0.1) is 0 Å². The van der Waals surface area contributed by atoms with Crippen LogP contribution in [0.3, 0.4) is 0 Å². The van der Waals surface area contributed by atoms with Crippen molar-refractivity contribution in [3.8, 4) is 11.1 Å². The average molecular weight is 1050 g/mol. The first-order valence-corrected chi connectivity index (χ1v) is 27.1. The van der Waals surface area contributed by atoms with Gasteiger partial charge >= 0.3 is 12.1 Å². The smallest absolute Gasteiger partial charge is 0.410 e. The second-order valence-electron chi connectivity index (χ2n) is 23.3. The number of hydrogen-bond acceptors (Lipinski definition) is 10. The molecule has 0 bridgehead atoms. The molecule has 1 saturated carbocycles. The zero-order valence-corrected chi connectivity index (χ0v) is 47.3. The number of fused-ring (bicyclic) bond motifs is 3. The minimum absolute atomic E-state index is 0.0850. The number of likely N-dealkylation sites (N-methyl/N-ethyl adjacent to an activating group) is 2. The molecule has 416 valence electrons. The molecule has 9 atom stereocenters. The molecule has 1 spiro atoms. The van der Waals surface area contributed by atoms with Crippen molar-refractivity contribution < 1.29 is 52.1 Å². The predicted molar refractivity (Wildman–Crippen MR) is 289 cm³/mol. The summed E-state index contributed by atoms with van der Waals surface area (Å²) in [4.78, 5) is 90.4. The summed E-state index contributed by atoms with van der Waals surface area (Å²) in [5.41, 5.74) is 3.60. The zero-order valence-electron chi connectivity index (χ0n) is 47.3. The SMILES string of the molecule is CC[C@H](C)C([C@@H](CC(=O)N1CC2(CC2)C[C@H]1C(OC)[C@@H](C)C(=O)NC(Cc1ccccc1F)C(=O)OC(C)(C)C)OC)N(C)C(=O)[C@@H](NC(=O)[C@H](C(C)C)N(C)C(=O)OCC1c2ccccc2-c2ccccc21)C(C)C. The molecule has 6 rings (SSSR count). The van der Waals surface area contributed by atoms with E-state index in [0.29, 0.717) is 19.4 Å². The van der Waals surface area contributed by atoms with E-state index in [0.717, 1.165) is 35.1 Å². The minimum Gasteiger partial charge on any atom is -0.458 e. The van der Waals surface area contributed by atoms with E-state index in [1.807, 2.05) is 77.9 Å². The minimum atomic E-state index is -1.20. The molecular weight excluding hydrogens is 970 g/mol. The lowest BCUT2D eigenvalue weighted by Gasteiger charge is -2.41. The van der Waals surface area contributed by atoms with Crippen molar-refractivity contribution in [2.45, 2.75) is 162 Å². The Labute approximate surface area is 450 Å².